The van der Waals surface area contributed by atoms with Gasteiger partial charge in [-0.1, -0.05) is 79.2 Å². The number of benzene rings is 3. The molecule has 3 aromatic rings. The zero-order chi connectivity index (χ0) is 23.1. The maximum atomic E-state index is 9.48. The molecule has 0 amide bonds. The highest BCUT2D eigenvalue weighted by Crippen LogP contribution is 2.55. The Hall–Kier alpha value is -4.15. The molecule has 0 saturated heterocycles. The molecule has 2 aliphatic heterocycles. The number of allylic oxidation sites excluding steroid dienone is 1. The normalized spacial score (nSPS) is 24.4. The molecule has 1 fully saturated rings. The van der Waals surface area contributed by atoms with E-state index in [1.54, 1.807) is 0 Å². The first-order valence-electron chi connectivity index (χ1n) is 11.9. The van der Waals surface area contributed by atoms with Gasteiger partial charge < -0.3 is 4.90 Å². The highest BCUT2D eigenvalue weighted by atomic mass is 15.4. The molecule has 4 nitrogen and oxygen atoms in total. The number of nitrogens with zero attached hydrogens (tertiary/aromatic N) is 4. The van der Waals surface area contributed by atoms with E-state index >= 15 is 0 Å². The molecule has 0 radical (unpaired) electrons. The average Bonchev–Trinajstić information content (AvgIpc) is 3.22. The standard InChI is InChI=1S/C30H24N4/c31-19-24(20-32)23-14-15-27-29(17-23)34-28(22-11-5-2-6-12-22)18-25(21-9-3-1-4-10-21)26-13-7-8-16-30(26,34)33-27/h1-6,9-12,14-15,17-18,25-26H,7-8,13,16H2/t25-,26+,30-/m0/s1. The average molecular weight is 441 g/mol. The van der Waals surface area contributed by atoms with Gasteiger partial charge in [-0.2, -0.15) is 10.5 Å². The quantitative estimate of drug-likeness (QED) is 0.560. The van der Waals surface area contributed by atoms with Crippen molar-refractivity contribution in [3.05, 3.63) is 107 Å². The molecule has 4 heteroatoms. The third-order valence-corrected chi connectivity index (χ3v) is 7.60. The third-order valence-electron chi connectivity index (χ3n) is 7.60. The van der Waals surface area contributed by atoms with Crippen LogP contribution in [0, 0.1) is 28.6 Å². The van der Waals surface area contributed by atoms with Crippen LogP contribution >= 0.6 is 0 Å². The summed E-state index contributed by atoms with van der Waals surface area (Å²) in [6.07, 6.45) is 6.87. The van der Waals surface area contributed by atoms with Crippen molar-refractivity contribution >= 4 is 17.0 Å². The second kappa shape index (κ2) is 8.01. The minimum absolute atomic E-state index is 0.133. The van der Waals surface area contributed by atoms with Crippen LogP contribution in [0.3, 0.4) is 0 Å². The van der Waals surface area contributed by atoms with Gasteiger partial charge in [0.1, 0.15) is 23.4 Å². The zero-order valence-electron chi connectivity index (χ0n) is 18.9. The molecular formula is C30H24N4. The number of fused-ring (bicyclic) bond motifs is 2. The van der Waals surface area contributed by atoms with Gasteiger partial charge in [0.2, 0.25) is 0 Å². The van der Waals surface area contributed by atoms with Gasteiger partial charge in [0.15, 0.2) is 0 Å². The number of anilines is 1. The van der Waals surface area contributed by atoms with Gasteiger partial charge in [0.25, 0.3) is 0 Å². The topological polar surface area (TPSA) is 63.2 Å². The molecule has 164 valence electrons. The predicted octanol–water partition coefficient (Wildman–Crippen LogP) is 5.05. The molecule has 2 heterocycles. The largest absolute Gasteiger partial charge is 0.314 e. The van der Waals surface area contributed by atoms with Crippen LogP contribution < -0.4 is 15.5 Å². The summed E-state index contributed by atoms with van der Waals surface area (Å²) in [6, 6.07) is 31.3. The van der Waals surface area contributed by atoms with E-state index in [0.717, 1.165) is 41.6 Å². The molecule has 1 aliphatic carbocycles. The van der Waals surface area contributed by atoms with E-state index < -0.39 is 0 Å². The maximum Gasteiger partial charge on any atom is 0.140 e. The first kappa shape index (κ1) is 20.5. The molecule has 3 atom stereocenters. The van der Waals surface area contributed by atoms with Crippen molar-refractivity contribution in [2.24, 2.45) is 10.9 Å². The lowest BCUT2D eigenvalue weighted by Gasteiger charge is -2.53. The van der Waals surface area contributed by atoms with Crippen molar-refractivity contribution < 1.29 is 0 Å². The van der Waals surface area contributed by atoms with Crippen LogP contribution in [0.1, 0.15) is 42.7 Å². The van der Waals surface area contributed by atoms with Gasteiger partial charge in [-0.25, -0.2) is 0 Å². The highest BCUT2D eigenvalue weighted by Gasteiger charge is 2.55. The van der Waals surface area contributed by atoms with Crippen LogP contribution in [0.5, 0.6) is 0 Å². The molecular weight excluding hydrogens is 416 g/mol. The van der Waals surface area contributed by atoms with Crippen molar-refractivity contribution in [3.8, 4) is 12.1 Å². The summed E-state index contributed by atoms with van der Waals surface area (Å²) in [5, 5.41) is 20.6. The summed E-state index contributed by atoms with van der Waals surface area (Å²) in [6.45, 7) is 0. The molecule has 0 N–H and O–H groups in total. The fourth-order valence-electron chi connectivity index (χ4n) is 6.16. The minimum atomic E-state index is -0.362. The van der Waals surface area contributed by atoms with Crippen LogP contribution in [-0.4, -0.2) is 5.66 Å². The molecule has 3 aliphatic rings. The summed E-state index contributed by atoms with van der Waals surface area (Å²) in [4.78, 5) is 7.87. The van der Waals surface area contributed by atoms with Crippen LogP contribution in [0.25, 0.3) is 11.3 Å². The molecule has 1 spiro atoms. The lowest BCUT2D eigenvalue weighted by atomic mass is 9.66. The van der Waals surface area contributed by atoms with E-state index in [0.29, 0.717) is 11.1 Å². The van der Waals surface area contributed by atoms with E-state index in [-0.39, 0.29) is 17.2 Å². The number of nitriles is 2. The summed E-state index contributed by atoms with van der Waals surface area (Å²) in [5.74, 6) is 0.619. The molecule has 6 rings (SSSR count). The van der Waals surface area contributed by atoms with Gasteiger partial charge in [0.05, 0.1) is 11.0 Å². The minimum Gasteiger partial charge on any atom is -0.314 e. The van der Waals surface area contributed by atoms with E-state index in [1.807, 2.05) is 36.4 Å². The number of hydrogen-bond donors (Lipinski definition) is 0. The summed E-state index contributed by atoms with van der Waals surface area (Å²) >= 11 is 0. The monoisotopic (exact) mass is 440 g/mol. The van der Waals surface area contributed by atoms with Crippen molar-refractivity contribution in [1.82, 2.24) is 0 Å². The Bertz CT molecular complexity index is 1480. The molecule has 0 unspecified atom stereocenters. The third kappa shape index (κ3) is 3.00. The maximum absolute atomic E-state index is 9.48. The van der Waals surface area contributed by atoms with Crippen molar-refractivity contribution in [2.75, 3.05) is 4.90 Å². The Kier molecular flexibility index (Phi) is 4.82. The van der Waals surface area contributed by atoms with Crippen LogP contribution in [0.4, 0.5) is 5.69 Å². The van der Waals surface area contributed by atoms with Gasteiger partial charge in [-0.05, 0) is 42.5 Å². The Morgan fingerprint density at radius 3 is 2.38 bits per heavy atom. The molecule has 0 bridgehead atoms. The fraction of sp³-hybridized carbons (Fsp3) is 0.233. The van der Waals surface area contributed by atoms with Crippen LogP contribution in [0.15, 0.2) is 89.9 Å². The van der Waals surface area contributed by atoms with E-state index in [1.165, 1.54) is 12.0 Å². The second-order valence-electron chi connectivity index (χ2n) is 9.33. The number of rotatable bonds is 2. The summed E-state index contributed by atoms with van der Waals surface area (Å²) in [5.41, 5.74) is 4.41. The van der Waals surface area contributed by atoms with Crippen LogP contribution in [0.2, 0.25) is 0 Å². The van der Waals surface area contributed by atoms with Crippen molar-refractivity contribution in [1.29, 1.82) is 10.5 Å². The SMILES string of the molecule is N#CC(C#N)=c1ccc2c(c1)N1C(c3ccccc3)=C[C@@H](c3ccccc3)[C@H]3CCCC[C@@]31N=2. The predicted molar refractivity (Wildman–Crippen MR) is 133 cm³/mol. The van der Waals surface area contributed by atoms with Crippen molar-refractivity contribution in [2.45, 2.75) is 37.3 Å². The Morgan fingerprint density at radius 2 is 1.65 bits per heavy atom. The van der Waals surface area contributed by atoms with E-state index in [4.69, 9.17) is 4.99 Å². The van der Waals surface area contributed by atoms with E-state index in [2.05, 4.69) is 65.6 Å². The van der Waals surface area contributed by atoms with Crippen LogP contribution in [-0.2, 0) is 0 Å². The zero-order valence-corrected chi connectivity index (χ0v) is 18.9. The molecule has 0 aromatic heterocycles. The summed E-state index contributed by atoms with van der Waals surface area (Å²) in [7, 11) is 0. The fourth-order valence-corrected chi connectivity index (χ4v) is 6.16. The molecule has 3 aromatic carbocycles. The van der Waals surface area contributed by atoms with Gasteiger partial charge in [0, 0.05) is 22.8 Å². The van der Waals surface area contributed by atoms with Gasteiger partial charge in [-0.3, -0.25) is 4.99 Å². The lowest BCUT2D eigenvalue weighted by Crippen LogP contribution is -2.55. The summed E-state index contributed by atoms with van der Waals surface area (Å²) < 4.78 is 0. The smallest absolute Gasteiger partial charge is 0.140 e. The Balaban J connectivity index is 1.65. The Morgan fingerprint density at radius 1 is 0.912 bits per heavy atom. The highest BCUT2D eigenvalue weighted by molar-refractivity contribution is 5.85. The van der Waals surface area contributed by atoms with Gasteiger partial charge in [-0.15, -0.1) is 0 Å². The molecule has 34 heavy (non-hydrogen) atoms. The number of hydrogen-bond acceptors (Lipinski definition) is 4. The lowest BCUT2D eigenvalue weighted by molar-refractivity contribution is 0.176. The van der Waals surface area contributed by atoms with E-state index in [9.17, 15) is 10.5 Å². The first-order valence-corrected chi connectivity index (χ1v) is 11.9. The van der Waals surface area contributed by atoms with Crippen molar-refractivity contribution in [3.63, 3.8) is 0 Å². The second-order valence-corrected chi connectivity index (χ2v) is 9.33. The Labute approximate surface area is 199 Å². The van der Waals surface area contributed by atoms with Gasteiger partial charge >= 0.3 is 0 Å². The molecule has 1 saturated carbocycles. The first-order chi connectivity index (χ1) is 16.7.